The van der Waals surface area contributed by atoms with Crippen molar-refractivity contribution in [3.63, 3.8) is 0 Å². The first-order valence-electron chi connectivity index (χ1n) is 10.7. The van der Waals surface area contributed by atoms with Gasteiger partial charge in [0.1, 0.15) is 0 Å². The molecule has 1 atom stereocenters. The molecule has 0 aliphatic carbocycles. The van der Waals surface area contributed by atoms with E-state index in [1.807, 2.05) is 11.8 Å². The van der Waals surface area contributed by atoms with Crippen LogP contribution in [0.15, 0.2) is 24.3 Å². The molecule has 3 aliphatic heterocycles. The van der Waals surface area contributed by atoms with Crippen molar-refractivity contribution in [1.82, 2.24) is 14.7 Å². The lowest BCUT2D eigenvalue weighted by molar-refractivity contribution is -0.133. The second-order valence-electron chi connectivity index (χ2n) is 8.09. The van der Waals surface area contributed by atoms with Crippen LogP contribution in [0.5, 0.6) is 0 Å². The fourth-order valence-electron chi connectivity index (χ4n) is 4.55. The zero-order valence-electron chi connectivity index (χ0n) is 16.8. The average molecular weight is 416 g/mol. The maximum Gasteiger partial charge on any atom is 0.261 e. The largest absolute Gasteiger partial charge is 0.338 e. The summed E-state index contributed by atoms with van der Waals surface area (Å²) in [5, 5.41) is 0. The van der Waals surface area contributed by atoms with Crippen LogP contribution >= 0.6 is 11.8 Å². The van der Waals surface area contributed by atoms with E-state index >= 15 is 0 Å². The van der Waals surface area contributed by atoms with Gasteiger partial charge in [-0.3, -0.25) is 19.3 Å². The predicted molar refractivity (Wildman–Crippen MR) is 114 cm³/mol. The molecule has 0 bridgehead atoms. The zero-order valence-corrected chi connectivity index (χ0v) is 17.7. The molecule has 0 N–H and O–H groups in total. The summed E-state index contributed by atoms with van der Waals surface area (Å²) < 4.78 is 0. The standard InChI is InChI=1S/C22H29N3O3S/c26-20(24-13-6-14-29-16-17(24)15-23-10-3-4-11-23)9-5-12-25-21(27)18-7-1-2-8-19(18)22(25)28/h1-2,7-8,17H,3-6,9-16H2. The summed E-state index contributed by atoms with van der Waals surface area (Å²) in [6.45, 7) is 4.37. The number of thioether (sulfide) groups is 1. The van der Waals surface area contributed by atoms with Crippen molar-refractivity contribution in [2.75, 3.05) is 44.2 Å². The Balaban J connectivity index is 1.32. The highest BCUT2D eigenvalue weighted by molar-refractivity contribution is 7.99. The molecule has 1 aromatic rings. The summed E-state index contributed by atoms with van der Waals surface area (Å²) in [4.78, 5) is 43.8. The lowest BCUT2D eigenvalue weighted by atomic mass is 10.1. The number of fused-ring (bicyclic) bond motifs is 1. The van der Waals surface area contributed by atoms with Gasteiger partial charge in [0.25, 0.3) is 11.8 Å². The number of amides is 3. The Labute approximate surface area is 176 Å². The lowest BCUT2D eigenvalue weighted by Crippen LogP contribution is -2.47. The van der Waals surface area contributed by atoms with Crippen LogP contribution in [0.3, 0.4) is 0 Å². The van der Waals surface area contributed by atoms with Crippen molar-refractivity contribution in [3.8, 4) is 0 Å². The summed E-state index contributed by atoms with van der Waals surface area (Å²) in [5.74, 6) is 1.79. The van der Waals surface area contributed by atoms with E-state index in [9.17, 15) is 14.4 Å². The quantitative estimate of drug-likeness (QED) is 0.668. The number of likely N-dealkylation sites (tertiary alicyclic amines) is 1. The van der Waals surface area contributed by atoms with Crippen LogP contribution in [-0.2, 0) is 4.79 Å². The van der Waals surface area contributed by atoms with E-state index in [0.717, 1.165) is 44.1 Å². The number of imide groups is 1. The van der Waals surface area contributed by atoms with Gasteiger partial charge in [0.15, 0.2) is 0 Å². The smallest absolute Gasteiger partial charge is 0.261 e. The van der Waals surface area contributed by atoms with Gasteiger partial charge < -0.3 is 9.80 Å². The summed E-state index contributed by atoms with van der Waals surface area (Å²) >= 11 is 1.95. The highest BCUT2D eigenvalue weighted by atomic mass is 32.2. The third kappa shape index (κ3) is 4.51. The van der Waals surface area contributed by atoms with E-state index in [-0.39, 0.29) is 23.8 Å². The van der Waals surface area contributed by atoms with Gasteiger partial charge in [0.2, 0.25) is 5.91 Å². The third-order valence-corrected chi connectivity index (χ3v) is 7.28. The summed E-state index contributed by atoms with van der Waals surface area (Å²) in [6.07, 6.45) is 4.45. The Morgan fingerprint density at radius 3 is 2.38 bits per heavy atom. The van der Waals surface area contributed by atoms with E-state index in [0.29, 0.717) is 30.5 Å². The molecule has 4 rings (SSSR count). The van der Waals surface area contributed by atoms with Gasteiger partial charge >= 0.3 is 0 Å². The Morgan fingerprint density at radius 2 is 1.69 bits per heavy atom. The number of carbonyl (C=O) groups is 3. The average Bonchev–Trinajstić information content (AvgIpc) is 3.24. The van der Waals surface area contributed by atoms with E-state index < -0.39 is 0 Å². The molecule has 3 amide bonds. The molecule has 0 aromatic heterocycles. The number of hydrogen-bond donors (Lipinski definition) is 0. The van der Waals surface area contributed by atoms with E-state index in [1.54, 1.807) is 24.3 Å². The first-order valence-corrected chi connectivity index (χ1v) is 11.9. The Kier molecular flexibility index (Phi) is 6.55. The van der Waals surface area contributed by atoms with Crippen molar-refractivity contribution in [1.29, 1.82) is 0 Å². The summed E-state index contributed by atoms with van der Waals surface area (Å²) in [5.41, 5.74) is 0.943. The van der Waals surface area contributed by atoms with E-state index in [1.165, 1.54) is 17.7 Å². The normalized spacial score (nSPS) is 22.8. The topological polar surface area (TPSA) is 60.9 Å². The minimum Gasteiger partial charge on any atom is -0.338 e. The number of rotatable bonds is 6. The van der Waals surface area contributed by atoms with Gasteiger partial charge in [-0.15, -0.1) is 0 Å². The molecule has 1 unspecified atom stereocenters. The Bertz CT molecular complexity index is 743. The van der Waals surface area contributed by atoms with Crippen LogP contribution in [0.1, 0.15) is 52.8 Å². The molecule has 156 valence electrons. The van der Waals surface area contributed by atoms with Gasteiger partial charge in [-0.25, -0.2) is 0 Å². The molecular weight excluding hydrogens is 386 g/mol. The maximum absolute atomic E-state index is 13.0. The predicted octanol–water partition coefficient (Wildman–Crippen LogP) is 2.49. The highest BCUT2D eigenvalue weighted by Gasteiger charge is 2.35. The van der Waals surface area contributed by atoms with Gasteiger partial charge in [0.05, 0.1) is 17.2 Å². The van der Waals surface area contributed by atoms with Crippen LogP contribution in [0, 0.1) is 0 Å². The van der Waals surface area contributed by atoms with Crippen molar-refractivity contribution >= 4 is 29.5 Å². The Hall–Kier alpha value is -1.86. The zero-order chi connectivity index (χ0) is 20.2. The van der Waals surface area contributed by atoms with Crippen LogP contribution < -0.4 is 0 Å². The van der Waals surface area contributed by atoms with Gasteiger partial charge in [-0.05, 0) is 56.7 Å². The number of benzene rings is 1. The monoisotopic (exact) mass is 415 g/mol. The van der Waals surface area contributed by atoms with Crippen molar-refractivity contribution in [2.45, 2.75) is 38.1 Å². The molecular formula is C22H29N3O3S. The molecule has 2 fully saturated rings. The minimum atomic E-state index is -0.240. The molecule has 3 heterocycles. The van der Waals surface area contributed by atoms with E-state index in [4.69, 9.17) is 0 Å². The molecule has 7 heteroatoms. The fourth-order valence-corrected chi connectivity index (χ4v) is 5.60. The lowest BCUT2D eigenvalue weighted by Gasteiger charge is -2.33. The van der Waals surface area contributed by atoms with Crippen molar-refractivity contribution in [2.24, 2.45) is 0 Å². The summed E-state index contributed by atoms with van der Waals surface area (Å²) in [7, 11) is 0. The van der Waals surface area contributed by atoms with Gasteiger partial charge in [-0.1, -0.05) is 12.1 Å². The van der Waals surface area contributed by atoms with E-state index in [2.05, 4.69) is 9.80 Å². The number of nitrogens with zero attached hydrogens (tertiary/aromatic N) is 3. The maximum atomic E-state index is 13.0. The second-order valence-corrected chi connectivity index (χ2v) is 9.24. The van der Waals surface area contributed by atoms with Gasteiger partial charge in [0, 0.05) is 31.8 Å². The van der Waals surface area contributed by atoms with Crippen LogP contribution in [0.4, 0.5) is 0 Å². The number of carbonyl (C=O) groups excluding carboxylic acids is 3. The first-order chi connectivity index (χ1) is 14.1. The fraction of sp³-hybridized carbons (Fsp3) is 0.591. The van der Waals surface area contributed by atoms with Crippen LogP contribution in [0.2, 0.25) is 0 Å². The molecule has 3 aliphatic rings. The van der Waals surface area contributed by atoms with Crippen molar-refractivity contribution < 1.29 is 14.4 Å². The molecule has 0 radical (unpaired) electrons. The van der Waals surface area contributed by atoms with Crippen molar-refractivity contribution in [3.05, 3.63) is 35.4 Å². The molecule has 1 aromatic carbocycles. The minimum absolute atomic E-state index is 0.160. The van der Waals surface area contributed by atoms with Crippen LogP contribution in [-0.4, -0.2) is 82.7 Å². The van der Waals surface area contributed by atoms with Gasteiger partial charge in [-0.2, -0.15) is 11.8 Å². The third-order valence-electron chi connectivity index (χ3n) is 6.08. The Morgan fingerprint density at radius 1 is 1.00 bits per heavy atom. The first kappa shape index (κ1) is 20.4. The molecule has 6 nitrogen and oxygen atoms in total. The molecule has 0 saturated carbocycles. The molecule has 29 heavy (non-hydrogen) atoms. The molecule has 2 saturated heterocycles. The number of hydrogen-bond acceptors (Lipinski definition) is 5. The highest BCUT2D eigenvalue weighted by Crippen LogP contribution is 2.24. The summed E-state index contributed by atoms with van der Waals surface area (Å²) in [6, 6.07) is 7.20. The molecule has 0 spiro atoms. The SMILES string of the molecule is O=C1c2ccccc2C(=O)N1CCCC(=O)N1CCCSCC1CN1CCCC1. The second kappa shape index (κ2) is 9.30. The van der Waals surface area contributed by atoms with Crippen LogP contribution in [0.25, 0.3) is 0 Å².